The van der Waals surface area contributed by atoms with Crippen LogP contribution in [-0.2, 0) is 14.4 Å². The molecule has 126 valence electrons. The van der Waals surface area contributed by atoms with E-state index in [0.717, 1.165) is 0 Å². The number of anilines is 2. The Labute approximate surface area is 143 Å². The van der Waals surface area contributed by atoms with Crippen molar-refractivity contribution in [3.8, 4) is 0 Å². The smallest absolute Gasteiger partial charge is 0.266 e. The summed E-state index contributed by atoms with van der Waals surface area (Å²) in [4.78, 5) is 35.9. The van der Waals surface area contributed by atoms with Crippen molar-refractivity contribution in [1.82, 2.24) is 5.43 Å². The molecule has 0 aromatic heterocycles. The van der Waals surface area contributed by atoms with Crippen LogP contribution in [0.2, 0.25) is 0 Å². The number of fused-ring (bicyclic) bond motifs is 1. The first-order chi connectivity index (χ1) is 12.0. The molecule has 0 aliphatic carbocycles. The SMILES string of the molecule is CC(=O)Nc1ccc(/C(C(=O)NN)=C2/C(=O)Nc3ccccc32)cc1. The summed E-state index contributed by atoms with van der Waals surface area (Å²) >= 11 is 0. The van der Waals surface area contributed by atoms with Gasteiger partial charge in [0.1, 0.15) is 0 Å². The molecule has 7 heteroatoms. The van der Waals surface area contributed by atoms with Crippen LogP contribution in [0.15, 0.2) is 48.5 Å². The second-order valence-electron chi connectivity index (χ2n) is 5.48. The Kier molecular flexibility index (Phi) is 4.32. The molecule has 1 heterocycles. The van der Waals surface area contributed by atoms with E-state index in [1.807, 2.05) is 0 Å². The second kappa shape index (κ2) is 6.58. The lowest BCUT2D eigenvalue weighted by atomic mass is 9.94. The summed E-state index contributed by atoms with van der Waals surface area (Å²) in [6.07, 6.45) is 0. The topological polar surface area (TPSA) is 113 Å². The third kappa shape index (κ3) is 3.13. The minimum atomic E-state index is -0.575. The normalized spacial score (nSPS) is 14.4. The van der Waals surface area contributed by atoms with Gasteiger partial charge < -0.3 is 10.6 Å². The van der Waals surface area contributed by atoms with Crippen LogP contribution in [0, 0.1) is 0 Å². The molecule has 3 rings (SSSR count). The van der Waals surface area contributed by atoms with E-state index in [4.69, 9.17) is 5.84 Å². The Hall–Kier alpha value is -3.45. The molecule has 0 saturated heterocycles. The lowest BCUT2D eigenvalue weighted by molar-refractivity contribution is -0.116. The van der Waals surface area contributed by atoms with Crippen LogP contribution in [0.3, 0.4) is 0 Å². The number of amides is 3. The van der Waals surface area contributed by atoms with Crippen LogP contribution < -0.4 is 21.9 Å². The minimum absolute atomic E-state index is 0.166. The van der Waals surface area contributed by atoms with Gasteiger partial charge in [-0.25, -0.2) is 5.84 Å². The van der Waals surface area contributed by atoms with Gasteiger partial charge in [0.15, 0.2) is 0 Å². The van der Waals surface area contributed by atoms with Crippen molar-refractivity contribution in [3.63, 3.8) is 0 Å². The fourth-order valence-corrected chi connectivity index (χ4v) is 2.75. The number of para-hydroxylation sites is 1. The van der Waals surface area contributed by atoms with Gasteiger partial charge >= 0.3 is 0 Å². The Morgan fingerprint density at radius 2 is 1.72 bits per heavy atom. The van der Waals surface area contributed by atoms with Crippen molar-refractivity contribution < 1.29 is 14.4 Å². The van der Waals surface area contributed by atoms with Crippen LogP contribution in [-0.4, -0.2) is 17.7 Å². The molecule has 0 fully saturated rings. The van der Waals surface area contributed by atoms with Crippen LogP contribution in [0.4, 0.5) is 11.4 Å². The lowest BCUT2D eigenvalue weighted by Crippen LogP contribution is -2.31. The number of nitrogens with one attached hydrogen (secondary N) is 3. The van der Waals surface area contributed by atoms with Gasteiger partial charge in [0.2, 0.25) is 5.91 Å². The Morgan fingerprint density at radius 1 is 1.04 bits per heavy atom. The molecule has 0 bridgehead atoms. The number of rotatable bonds is 3. The molecule has 1 aliphatic rings. The first-order valence-electron chi connectivity index (χ1n) is 7.55. The average Bonchev–Trinajstić information content (AvgIpc) is 2.92. The summed E-state index contributed by atoms with van der Waals surface area (Å²) in [5, 5.41) is 5.39. The summed E-state index contributed by atoms with van der Waals surface area (Å²) in [6, 6.07) is 13.7. The van der Waals surface area contributed by atoms with E-state index in [2.05, 4.69) is 16.1 Å². The Bertz CT molecular complexity index is 901. The highest BCUT2D eigenvalue weighted by molar-refractivity contribution is 6.45. The lowest BCUT2D eigenvalue weighted by Gasteiger charge is -2.11. The molecule has 0 unspecified atom stereocenters. The molecule has 2 aromatic carbocycles. The molecule has 0 spiro atoms. The number of hydrogen-bond donors (Lipinski definition) is 4. The average molecular weight is 336 g/mol. The van der Waals surface area contributed by atoms with Crippen LogP contribution >= 0.6 is 0 Å². The van der Waals surface area contributed by atoms with Crippen molar-refractivity contribution in [2.24, 2.45) is 5.84 Å². The van der Waals surface area contributed by atoms with Crippen LogP contribution in [0.25, 0.3) is 11.1 Å². The van der Waals surface area contributed by atoms with Gasteiger partial charge in [-0.2, -0.15) is 0 Å². The van der Waals surface area contributed by atoms with E-state index in [-0.39, 0.29) is 23.0 Å². The van der Waals surface area contributed by atoms with Gasteiger partial charge in [0.25, 0.3) is 11.8 Å². The van der Waals surface area contributed by atoms with E-state index in [1.165, 1.54) is 6.92 Å². The summed E-state index contributed by atoms with van der Waals surface area (Å²) in [6.45, 7) is 1.41. The highest BCUT2D eigenvalue weighted by Crippen LogP contribution is 2.37. The van der Waals surface area contributed by atoms with Crippen LogP contribution in [0.5, 0.6) is 0 Å². The highest BCUT2D eigenvalue weighted by atomic mass is 16.2. The predicted octanol–water partition coefficient (Wildman–Crippen LogP) is 1.50. The molecule has 5 N–H and O–H groups in total. The molecule has 0 saturated carbocycles. The van der Waals surface area contributed by atoms with Gasteiger partial charge in [-0.05, 0) is 23.8 Å². The zero-order valence-electron chi connectivity index (χ0n) is 13.4. The largest absolute Gasteiger partial charge is 0.326 e. The first kappa shape index (κ1) is 16.4. The van der Waals surface area contributed by atoms with Crippen molar-refractivity contribution in [2.75, 3.05) is 10.6 Å². The van der Waals surface area contributed by atoms with E-state index < -0.39 is 5.91 Å². The third-order valence-corrected chi connectivity index (χ3v) is 3.77. The van der Waals surface area contributed by atoms with Crippen molar-refractivity contribution >= 4 is 40.2 Å². The maximum absolute atomic E-state index is 12.4. The minimum Gasteiger partial charge on any atom is -0.326 e. The van der Waals surface area contributed by atoms with E-state index in [1.54, 1.807) is 48.5 Å². The van der Waals surface area contributed by atoms with Crippen molar-refractivity contribution in [1.29, 1.82) is 0 Å². The number of benzene rings is 2. The number of hydrazine groups is 1. The van der Waals surface area contributed by atoms with Gasteiger partial charge in [-0.15, -0.1) is 0 Å². The van der Waals surface area contributed by atoms with Crippen LogP contribution in [0.1, 0.15) is 18.1 Å². The molecule has 2 aromatic rings. The zero-order valence-corrected chi connectivity index (χ0v) is 13.4. The molecule has 1 aliphatic heterocycles. The van der Waals surface area contributed by atoms with Gasteiger partial charge in [-0.3, -0.25) is 19.8 Å². The molecular formula is C18H16N4O3. The van der Waals surface area contributed by atoms with E-state index >= 15 is 0 Å². The van der Waals surface area contributed by atoms with Gasteiger partial charge in [0, 0.05) is 23.9 Å². The fraction of sp³-hybridized carbons (Fsp3) is 0.0556. The first-order valence-corrected chi connectivity index (χ1v) is 7.55. The number of nitrogens with two attached hydrogens (primary N) is 1. The molecular weight excluding hydrogens is 320 g/mol. The zero-order chi connectivity index (χ0) is 18.0. The quantitative estimate of drug-likeness (QED) is 0.294. The number of carbonyl (C=O) groups excluding carboxylic acids is 3. The van der Waals surface area contributed by atoms with Crippen molar-refractivity contribution in [2.45, 2.75) is 6.92 Å². The molecule has 0 radical (unpaired) electrons. The second-order valence-corrected chi connectivity index (χ2v) is 5.48. The molecule has 7 nitrogen and oxygen atoms in total. The maximum Gasteiger partial charge on any atom is 0.266 e. The monoisotopic (exact) mass is 336 g/mol. The fourth-order valence-electron chi connectivity index (χ4n) is 2.75. The summed E-state index contributed by atoms with van der Waals surface area (Å²) in [5.41, 5.74) is 4.89. The summed E-state index contributed by atoms with van der Waals surface area (Å²) < 4.78 is 0. The Balaban J connectivity index is 2.15. The predicted molar refractivity (Wildman–Crippen MR) is 95.0 cm³/mol. The number of hydrogen-bond acceptors (Lipinski definition) is 4. The highest BCUT2D eigenvalue weighted by Gasteiger charge is 2.30. The standard InChI is InChI=1S/C18H16N4O3/c1-10(23)20-12-8-6-11(7-9-12)15(18(25)22-19)16-13-4-2-3-5-14(13)21-17(16)24/h2-9H,19H2,1H3,(H,20,23)(H,21,24)(H,22,25)/b16-15-. The summed E-state index contributed by atoms with van der Waals surface area (Å²) in [5.74, 6) is 4.17. The molecule has 0 atom stereocenters. The van der Waals surface area contributed by atoms with Gasteiger partial charge in [0.05, 0.1) is 11.1 Å². The Morgan fingerprint density at radius 3 is 2.36 bits per heavy atom. The summed E-state index contributed by atoms with van der Waals surface area (Å²) in [7, 11) is 0. The molecule has 3 amide bonds. The number of carbonyl (C=O) groups is 3. The molecule has 25 heavy (non-hydrogen) atoms. The van der Waals surface area contributed by atoms with E-state index in [9.17, 15) is 14.4 Å². The van der Waals surface area contributed by atoms with E-state index in [0.29, 0.717) is 22.5 Å². The third-order valence-electron chi connectivity index (χ3n) is 3.77. The van der Waals surface area contributed by atoms with Crippen molar-refractivity contribution in [3.05, 3.63) is 59.7 Å². The maximum atomic E-state index is 12.4. The van der Waals surface area contributed by atoms with Gasteiger partial charge in [-0.1, -0.05) is 30.3 Å².